The Kier molecular flexibility index (Phi) is 11.8. The van der Waals surface area contributed by atoms with Gasteiger partial charge in [0.25, 0.3) is 5.91 Å². The number of benzene rings is 4. The van der Waals surface area contributed by atoms with Crippen LogP contribution in [0.3, 0.4) is 0 Å². The van der Waals surface area contributed by atoms with Crippen LogP contribution in [0.5, 0.6) is 5.75 Å². The summed E-state index contributed by atoms with van der Waals surface area (Å²) in [4.78, 5) is 22.5. The number of aliphatic hydroxyl groups excluding tert-OH is 1. The number of azide groups is 1. The van der Waals surface area contributed by atoms with Crippen LogP contribution in [0.4, 0.5) is 0 Å². The van der Waals surface area contributed by atoms with Gasteiger partial charge in [0.15, 0.2) is 21.5 Å². The van der Waals surface area contributed by atoms with Crippen molar-refractivity contribution in [1.82, 2.24) is 5.32 Å². The number of nitrogens with zero attached hydrogens (tertiary/aromatic N) is 4. The Hall–Kier alpha value is -4.58. The number of amides is 1. The zero-order chi connectivity index (χ0) is 34.9. The molecule has 0 saturated carbocycles. The van der Waals surface area contributed by atoms with Crippen molar-refractivity contribution in [3.63, 3.8) is 0 Å². The summed E-state index contributed by atoms with van der Waals surface area (Å²) in [6.45, 7) is 0.287. The van der Waals surface area contributed by atoms with E-state index < -0.39 is 33.1 Å². The third kappa shape index (κ3) is 8.54. The molecule has 0 aromatic heterocycles. The predicted octanol–water partition coefficient (Wildman–Crippen LogP) is 7.00. The molecule has 0 fully saturated rings. The maximum absolute atomic E-state index is 14.6. The quantitative estimate of drug-likeness (QED) is 0.0581. The Balaban J connectivity index is 1.60. The highest BCUT2D eigenvalue weighted by molar-refractivity contribution is 7.91. The highest BCUT2D eigenvalue weighted by atomic mass is 35.5. The molecule has 1 amide bonds. The van der Waals surface area contributed by atoms with Gasteiger partial charge < -0.3 is 19.9 Å². The first-order valence-electron chi connectivity index (χ1n) is 15.4. The van der Waals surface area contributed by atoms with Gasteiger partial charge in [-0.25, -0.2) is 13.4 Å². The smallest absolute Gasteiger partial charge is 0.252 e. The van der Waals surface area contributed by atoms with Crippen LogP contribution in [0.2, 0.25) is 10.0 Å². The van der Waals surface area contributed by atoms with Gasteiger partial charge in [-0.1, -0.05) is 76.8 Å². The van der Waals surface area contributed by atoms with Gasteiger partial charge in [0.2, 0.25) is 5.90 Å². The molecule has 254 valence electrons. The third-order valence-electron chi connectivity index (χ3n) is 7.98. The van der Waals surface area contributed by atoms with Crippen molar-refractivity contribution in [3.05, 3.63) is 140 Å². The van der Waals surface area contributed by atoms with Gasteiger partial charge in [-0.15, -0.1) is 0 Å². The molecule has 1 aliphatic heterocycles. The van der Waals surface area contributed by atoms with Gasteiger partial charge in [0.05, 0.1) is 23.8 Å². The molecule has 4 aromatic rings. The highest BCUT2D eigenvalue weighted by Gasteiger charge is 2.54. The van der Waals surface area contributed by atoms with Gasteiger partial charge in [0.1, 0.15) is 5.75 Å². The van der Waals surface area contributed by atoms with Crippen molar-refractivity contribution < 1.29 is 27.8 Å². The average Bonchev–Trinajstić information content (AvgIpc) is 3.51. The molecule has 0 radical (unpaired) electrons. The number of carbonyl (C=O) groups excluding carboxylic acids is 1. The minimum atomic E-state index is -3.87. The van der Waals surface area contributed by atoms with E-state index in [-0.39, 0.29) is 36.9 Å². The van der Waals surface area contributed by atoms with E-state index in [1.807, 2.05) is 0 Å². The Morgan fingerprint density at radius 2 is 1.76 bits per heavy atom. The Labute approximate surface area is 294 Å². The van der Waals surface area contributed by atoms with Crippen LogP contribution in [0.15, 0.2) is 112 Å². The van der Waals surface area contributed by atoms with Gasteiger partial charge >= 0.3 is 0 Å². The van der Waals surface area contributed by atoms with E-state index in [9.17, 15) is 13.2 Å². The maximum atomic E-state index is 14.6. The molecule has 0 unspecified atom stereocenters. The van der Waals surface area contributed by atoms with E-state index in [0.717, 1.165) is 0 Å². The lowest BCUT2D eigenvalue weighted by Crippen LogP contribution is -2.49. The summed E-state index contributed by atoms with van der Waals surface area (Å²) >= 11 is 12.5. The zero-order valence-electron chi connectivity index (χ0n) is 26.2. The maximum Gasteiger partial charge on any atom is 0.252 e. The molecule has 2 N–H and O–H groups in total. The van der Waals surface area contributed by atoms with E-state index in [4.69, 9.17) is 48.3 Å². The molecular weight excluding hydrogens is 689 g/mol. The van der Waals surface area contributed by atoms with E-state index in [1.54, 1.807) is 84.9 Å². The summed E-state index contributed by atoms with van der Waals surface area (Å²) in [5.74, 6) is -0.352. The van der Waals surface area contributed by atoms with Crippen LogP contribution in [0.1, 0.15) is 41.2 Å². The second-order valence-corrected chi connectivity index (χ2v) is 14.1. The molecule has 1 aliphatic rings. The van der Waals surface area contributed by atoms with E-state index in [0.29, 0.717) is 51.1 Å². The first kappa shape index (κ1) is 35.7. The fourth-order valence-electron chi connectivity index (χ4n) is 5.42. The number of ether oxygens (including phenoxy) is 2. The number of halogens is 2. The molecule has 0 bridgehead atoms. The SMILES string of the molecule is [N-]=[N+]=NCc1ccccc1[C@H]1OC(c2ccc(OCCCO)cc2)=N[C@@]1(CCS(=O)(=O)c1ccccc1)C(=O)NCc1ccc(Cl)cc1Cl. The minimum absolute atomic E-state index is 0.000156. The van der Waals surface area contributed by atoms with Crippen molar-refractivity contribution in [3.8, 4) is 5.75 Å². The topological polar surface area (TPSA) is 163 Å². The molecule has 0 spiro atoms. The molecule has 5 rings (SSSR count). The summed E-state index contributed by atoms with van der Waals surface area (Å²) in [6, 6.07) is 26.8. The lowest BCUT2D eigenvalue weighted by molar-refractivity contribution is -0.129. The number of aliphatic hydroxyl groups is 1. The summed E-state index contributed by atoms with van der Waals surface area (Å²) in [7, 11) is -3.87. The fraction of sp³-hybridized carbons (Fsp3) is 0.257. The van der Waals surface area contributed by atoms with Crippen LogP contribution < -0.4 is 10.1 Å². The first-order valence-corrected chi connectivity index (χ1v) is 17.8. The Morgan fingerprint density at radius 1 is 1.02 bits per heavy atom. The average molecular weight is 723 g/mol. The molecule has 0 saturated heterocycles. The number of carbonyl (C=O) groups is 1. The lowest BCUT2D eigenvalue weighted by atomic mass is 9.83. The Morgan fingerprint density at radius 3 is 2.47 bits per heavy atom. The minimum Gasteiger partial charge on any atom is -0.494 e. The van der Waals surface area contributed by atoms with Gasteiger partial charge in [0, 0.05) is 46.5 Å². The van der Waals surface area contributed by atoms with Gasteiger partial charge in [-0.05, 0) is 70.8 Å². The Bertz CT molecular complexity index is 1970. The number of hydrogen-bond donors (Lipinski definition) is 2. The second-order valence-electron chi connectivity index (χ2n) is 11.2. The fourth-order valence-corrected chi connectivity index (χ4v) is 7.28. The van der Waals surface area contributed by atoms with Gasteiger partial charge in [-0.3, -0.25) is 4.79 Å². The monoisotopic (exact) mass is 721 g/mol. The molecular formula is C35H33Cl2N5O6S. The van der Waals surface area contributed by atoms with E-state index >= 15 is 0 Å². The number of sulfone groups is 1. The van der Waals surface area contributed by atoms with Crippen molar-refractivity contribution in [1.29, 1.82) is 0 Å². The molecule has 2 atom stereocenters. The number of rotatable bonds is 15. The summed E-state index contributed by atoms with van der Waals surface area (Å²) in [5.41, 5.74) is 9.50. The van der Waals surface area contributed by atoms with Crippen LogP contribution in [0, 0.1) is 0 Å². The van der Waals surface area contributed by atoms with E-state index in [2.05, 4.69) is 15.3 Å². The normalized spacial score (nSPS) is 17.0. The molecule has 4 aromatic carbocycles. The summed E-state index contributed by atoms with van der Waals surface area (Å²) in [6.07, 6.45) is -0.893. The van der Waals surface area contributed by atoms with E-state index in [1.165, 1.54) is 12.1 Å². The first-order chi connectivity index (χ1) is 23.7. The van der Waals surface area contributed by atoms with Crippen molar-refractivity contribution in [2.24, 2.45) is 10.1 Å². The molecule has 0 aliphatic carbocycles. The largest absolute Gasteiger partial charge is 0.494 e. The zero-order valence-corrected chi connectivity index (χ0v) is 28.5. The number of nitrogens with one attached hydrogen (secondary N) is 1. The predicted molar refractivity (Wildman–Crippen MR) is 187 cm³/mol. The van der Waals surface area contributed by atoms with Crippen molar-refractivity contribution in [2.75, 3.05) is 19.0 Å². The number of aliphatic imine (C=N–C) groups is 1. The molecule has 49 heavy (non-hydrogen) atoms. The number of hydrogen-bond acceptors (Lipinski definition) is 8. The van der Waals surface area contributed by atoms with Crippen LogP contribution in [-0.2, 0) is 32.5 Å². The summed E-state index contributed by atoms with van der Waals surface area (Å²) in [5, 5.41) is 16.5. The standard InChI is InChI=1S/C35H33Cl2N5O6S/c36-27-14-11-26(31(37)21-27)22-39-34(44)35(17-20-49(45,46)29-8-2-1-3-9-29)32(30-10-5-4-7-25(30)23-40-42-38)48-33(41-35)24-12-15-28(16-13-24)47-19-6-18-43/h1-5,7-16,21,32,43H,6,17-20,22-23H2,(H,39,44)/t32-,35-/m1/s1. The summed E-state index contributed by atoms with van der Waals surface area (Å²) < 4.78 is 39.4. The lowest BCUT2D eigenvalue weighted by Gasteiger charge is -2.31. The molecule has 11 nitrogen and oxygen atoms in total. The molecule has 14 heteroatoms. The van der Waals surface area contributed by atoms with Crippen LogP contribution >= 0.6 is 23.2 Å². The van der Waals surface area contributed by atoms with Crippen molar-refractivity contribution >= 4 is 44.8 Å². The van der Waals surface area contributed by atoms with Crippen LogP contribution in [-0.4, -0.2) is 49.8 Å². The van der Waals surface area contributed by atoms with Crippen LogP contribution in [0.25, 0.3) is 10.4 Å². The highest BCUT2D eigenvalue weighted by Crippen LogP contribution is 2.44. The second kappa shape index (κ2) is 16.2. The van der Waals surface area contributed by atoms with Gasteiger partial charge in [-0.2, -0.15) is 0 Å². The third-order valence-corrected chi connectivity index (χ3v) is 10.3. The molecule has 1 heterocycles. The van der Waals surface area contributed by atoms with Crippen molar-refractivity contribution in [2.45, 2.75) is 42.5 Å².